The molecule has 2 fully saturated rings. The van der Waals surface area contributed by atoms with E-state index in [2.05, 4.69) is 34.4 Å². The Balaban J connectivity index is 1.50. The summed E-state index contributed by atoms with van der Waals surface area (Å²) in [7, 11) is 2.08. The van der Waals surface area contributed by atoms with E-state index in [-0.39, 0.29) is 11.9 Å². The van der Waals surface area contributed by atoms with Crippen molar-refractivity contribution in [2.45, 2.75) is 44.9 Å². The summed E-state index contributed by atoms with van der Waals surface area (Å²) in [6.45, 7) is 4.82. The van der Waals surface area contributed by atoms with Crippen LogP contribution in [-0.4, -0.2) is 53.3 Å². The molecule has 0 aromatic carbocycles. The molecule has 3 heterocycles. The van der Waals surface area contributed by atoms with E-state index in [0.717, 1.165) is 50.2 Å². The fourth-order valence-electron chi connectivity index (χ4n) is 4.37. The molecule has 4 atom stereocenters. The van der Waals surface area contributed by atoms with Crippen LogP contribution in [0.5, 0.6) is 0 Å². The standard InChI is InChI=1S/C16H24N4O2/c1-3-9-13(10-5-7-22-15(9)10)17-16(21)14-11-8-20(2)6-4-12(11)18-19-14/h9-10,13,15H,3-8H2,1-2H3,(H,17,21)(H,18,19)/t9-,10+,13+,15-/m0/s1. The first-order chi connectivity index (χ1) is 10.7. The number of likely N-dealkylation sites (N-methyl/N-ethyl adjacent to an activating group) is 1. The zero-order valence-electron chi connectivity index (χ0n) is 13.3. The summed E-state index contributed by atoms with van der Waals surface area (Å²) in [5, 5.41) is 10.6. The van der Waals surface area contributed by atoms with E-state index >= 15 is 0 Å². The van der Waals surface area contributed by atoms with Gasteiger partial charge in [0.05, 0.1) is 6.10 Å². The Hall–Kier alpha value is -1.40. The van der Waals surface area contributed by atoms with Crippen molar-refractivity contribution in [3.63, 3.8) is 0 Å². The molecule has 1 saturated carbocycles. The number of H-pyrrole nitrogens is 1. The largest absolute Gasteiger partial charge is 0.377 e. The van der Waals surface area contributed by atoms with Crippen molar-refractivity contribution in [3.8, 4) is 0 Å². The molecule has 0 bridgehead atoms. The Morgan fingerprint density at radius 3 is 3.23 bits per heavy atom. The third kappa shape index (κ3) is 2.08. The molecule has 2 N–H and O–H groups in total. The minimum absolute atomic E-state index is 0.0263. The van der Waals surface area contributed by atoms with Crippen LogP contribution in [-0.2, 0) is 17.7 Å². The van der Waals surface area contributed by atoms with Crippen LogP contribution in [0.15, 0.2) is 0 Å². The molecule has 6 nitrogen and oxygen atoms in total. The highest BCUT2D eigenvalue weighted by molar-refractivity contribution is 5.94. The maximum absolute atomic E-state index is 12.7. The van der Waals surface area contributed by atoms with Crippen molar-refractivity contribution in [1.29, 1.82) is 0 Å². The van der Waals surface area contributed by atoms with Gasteiger partial charge in [0.2, 0.25) is 0 Å². The Labute approximate surface area is 130 Å². The van der Waals surface area contributed by atoms with Crippen LogP contribution in [0.2, 0.25) is 0 Å². The first-order valence-corrected chi connectivity index (χ1v) is 8.36. The van der Waals surface area contributed by atoms with E-state index in [1.54, 1.807) is 0 Å². The quantitative estimate of drug-likeness (QED) is 0.872. The van der Waals surface area contributed by atoms with Crippen LogP contribution in [0.1, 0.15) is 41.5 Å². The second kappa shape index (κ2) is 5.35. The van der Waals surface area contributed by atoms with Crippen molar-refractivity contribution in [2.75, 3.05) is 20.2 Å². The predicted octanol–water partition coefficient (Wildman–Crippen LogP) is 0.941. The molecule has 2 aliphatic heterocycles. The Bertz CT molecular complexity index is 585. The van der Waals surface area contributed by atoms with Gasteiger partial charge in [0.1, 0.15) is 0 Å². The number of ether oxygens (including phenoxy) is 1. The maximum atomic E-state index is 12.7. The number of nitrogens with one attached hydrogen (secondary N) is 2. The Kier molecular flexibility index (Phi) is 3.46. The van der Waals surface area contributed by atoms with Crippen molar-refractivity contribution in [2.24, 2.45) is 11.8 Å². The van der Waals surface area contributed by atoms with Crippen LogP contribution in [0.4, 0.5) is 0 Å². The van der Waals surface area contributed by atoms with Crippen molar-refractivity contribution < 1.29 is 9.53 Å². The average molecular weight is 304 g/mol. The average Bonchev–Trinajstić information content (AvgIpc) is 3.09. The normalized spacial score (nSPS) is 33.9. The lowest BCUT2D eigenvalue weighted by molar-refractivity contribution is -0.0545. The summed E-state index contributed by atoms with van der Waals surface area (Å²) in [6, 6.07) is 0.249. The molecule has 6 heteroatoms. The zero-order valence-corrected chi connectivity index (χ0v) is 13.3. The molecular formula is C16H24N4O2. The second-order valence-electron chi connectivity index (χ2n) is 6.88. The van der Waals surface area contributed by atoms with E-state index in [1.165, 1.54) is 0 Å². The van der Waals surface area contributed by atoms with Crippen LogP contribution in [0.3, 0.4) is 0 Å². The lowest BCUT2D eigenvalue weighted by Crippen LogP contribution is -2.61. The van der Waals surface area contributed by atoms with Crippen LogP contribution in [0, 0.1) is 11.8 Å². The van der Waals surface area contributed by atoms with Gasteiger partial charge in [-0.3, -0.25) is 9.89 Å². The van der Waals surface area contributed by atoms with Gasteiger partial charge in [0, 0.05) is 55.3 Å². The first kappa shape index (κ1) is 14.2. The van der Waals surface area contributed by atoms with Crippen molar-refractivity contribution in [1.82, 2.24) is 20.4 Å². The Morgan fingerprint density at radius 2 is 2.41 bits per heavy atom. The van der Waals surface area contributed by atoms with Gasteiger partial charge < -0.3 is 15.0 Å². The highest BCUT2D eigenvalue weighted by Crippen LogP contribution is 2.45. The molecule has 3 aliphatic rings. The van der Waals surface area contributed by atoms with Crippen LogP contribution >= 0.6 is 0 Å². The number of carbonyl (C=O) groups excluding carboxylic acids is 1. The summed E-state index contributed by atoms with van der Waals surface area (Å²) < 4.78 is 5.78. The molecule has 0 radical (unpaired) electrons. The van der Waals surface area contributed by atoms with E-state index < -0.39 is 0 Å². The van der Waals surface area contributed by atoms with Crippen LogP contribution in [0.25, 0.3) is 0 Å². The molecule has 1 aromatic heterocycles. The van der Waals surface area contributed by atoms with Crippen molar-refractivity contribution >= 4 is 5.91 Å². The third-order valence-corrected chi connectivity index (χ3v) is 5.64. The van der Waals surface area contributed by atoms with Gasteiger partial charge in [0.15, 0.2) is 5.69 Å². The SMILES string of the molecule is CC[C@H]1[C@@H](NC(=O)c2n[nH]c3c2CN(C)CC3)[C@H]2CCO[C@H]21. The molecule has 1 saturated heterocycles. The third-order valence-electron chi connectivity index (χ3n) is 5.64. The Morgan fingerprint density at radius 1 is 1.55 bits per heavy atom. The van der Waals surface area contributed by atoms with Gasteiger partial charge in [-0.25, -0.2) is 0 Å². The van der Waals surface area contributed by atoms with E-state index in [4.69, 9.17) is 4.74 Å². The molecule has 0 unspecified atom stereocenters. The lowest BCUT2D eigenvalue weighted by Gasteiger charge is -2.47. The van der Waals surface area contributed by atoms with E-state index in [0.29, 0.717) is 23.6 Å². The van der Waals surface area contributed by atoms with Crippen molar-refractivity contribution in [3.05, 3.63) is 17.0 Å². The molecule has 1 aliphatic carbocycles. The highest BCUT2D eigenvalue weighted by atomic mass is 16.5. The van der Waals surface area contributed by atoms with Gasteiger partial charge >= 0.3 is 0 Å². The van der Waals surface area contributed by atoms with Crippen LogP contribution < -0.4 is 5.32 Å². The topological polar surface area (TPSA) is 70.2 Å². The van der Waals surface area contributed by atoms with Gasteiger partial charge in [-0.2, -0.15) is 5.10 Å². The number of aromatic amines is 1. The summed E-state index contributed by atoms with van der Waals surface area (Å²) >= 11 is 0. The van der Waals surface area contributed by atoms with E-state index in [9.17, 15) is 4.79 Å². The molecule has 0 spiro atoms. The van der Waals surface area contributed by atoms with Gasteiger partial charge in [-0.15, -0.1) is 0 Å². The molecule has 120 valence electrons. The minimum atomic E-state index is -0.0263. The highest BCUT2D eigenvalue weighted by Gasteiger charge is 2.53. The number of amides is 1. The summed E-state index contributed by atoms with van der Waals surface area (Å²) in [4.78, 5) is 14.9. The monoisotopic (exact) mass is 304 g/mol. The lowest BCUT2D eigenvalue weighted by atomic mass is 9.65. The fourth-order valence-corrected chi connectivity index (χ4v) is 4.37. The smallest absolute Gasteiger partial charge is 0.272 e. The summed E-state index contributed by atoms with van der Waals surface area (Å²) in [6.07, 6.45) is 3.40. The fraction of sp³-hybridized carbons (Fsp3) is 0.750. The van der Waals surface area contributed by atoms with Gasteiger partial charge in [0.25, 0.3) is 5.91 Å². The second-order valence-corrected chi connectivity index (χ2v) is 6.88. The molecule has 22 heavy (non-hydrogen) atoms. The van der Waals surface area contributed by atoms with Gasteiger partial charge in [-0.05, 0) is 19.9 Å². The number of fused-ring (bicyclic) bond motifs is 2. The van der Waals surface area contributed by atoms with E-state index in [1.807, 2.05) is 0 Å². The molecule has 4 rings (SSSR count). The van der Waals surface area contributed by atoms with Gasteiger partial charge in [-0.1, -0.05) is 6.92 Å². The number of carbonyl (C=O) groups is 1. The molecule has 1 aromatic rings. The number of hydrogen-bond acceptors (Lipinski definition) is 4. The number of hydrogen-bond donors (Lipinski definition) is 2. The number of aromatic nitrogens is 2. The maximum Gasteiger partial charge on any atom is 0.272 e. The zero-order chi connectivity index (χ0) is 15.3. The first-order valence-electron chi connectivity index (χ1n) is 8.36. The minimum Gasteiger partial charge on any atom is -0.377 e. The molecular weight excluding hydrogens is 280 g/mol. The predicted molar refractivity (Wildman–Crippen MR) is 81.5 cm³/mol. The summed E-state index contributed by atoms with van der Waals surface area (Å²) in [5.41, 5.74) is 2.77. The number of nitrogens with zero attached hydrogens (tertiary/aromatic N) is 2. The molecule has 1 amide bonds. The number of rotatable bonds is 3. The summed E-state index contributed by atoms with van der Waals surface area (Å²) in [5.74, 6) is 0.918.